The third-order valence-corrected chi connectivity index (χ3v) is 4.79. The van der Waals surface area contributed by atoms with Gasteiger partial charge >= 0.3 is 0 Å². The number of rotatable bonds is 4. The summed E-state index contributed by atoms with van der Waals surface area (Å²) in [5, 5.41) is 14.4. The van der Waals surface area contributed by atoms with E-state index in [9.17, 15) is 10.1 Å². The highest BCUT2D eigenvalue weighted by atomic mass is 16.6. The van der Waals surface area contributed by atoms with Crippen molar-refractivity contribution in [2.75, 3.05) is 5.32 Å². The number of nitro groups is 1. The molecule has 1 aromatic carbocycles. The Hall–Kier alpha value is -1.84. The molecule has 4 unspecified atom stereocenters. The lowest BCUT2D eigenvalue weighted by Gasteiger charge is -2.27. The molecule has 2 bridgehead atoms. The largest absolute Gasteiger partial charge is 0.382 e. The van der Waals surface area contributed by atoms with Crippen LogP contribution in [0.5, 0.6) is 0 Å². The minimum Gasteiger partial charge on any atom is -0.382 e. The zero-order chi connectivity index (χ0) is 14.3. The Balaban J connectivity index is 1.75. The highest BCUT2D eigenvalue weighted by Crippen LogP contribution is 2.45. The van der Waals surface area contributed by atoms with Crippen molar-refractivity contribution in [1.29, 1.82) is 0 Å². The number of nitrogens with zero attached hydrogens (tertiary/aromatic N) is 1. The van der Waals surface area contributed by atoms with Crippen molar-refractivity contribution in [1.82, 2.24) is 0 Å². The van der Waals surface area contributed by atoms with Gasteiger partial charge in [-0.2, -0.15) is 0 Å². The molecular formula is C16H20N2O2. The number of anilines is 1. The van der Waals surface area contributed by atoms with Gasteiger partial charge in [-0.1, -0.05) is 18.2 Å². The number of aryl methyl sites for hydroxylation is 1. The van der Waals surface area contributed by atoms with Gasteiger partial charge in [0.1, 0.15) is 0 Å². The van der Waals surface area contributed by atoms with Crippen LogP contribution in [0, 0.1) is 34.8 Å². The quantitative estimate of drug-likeness (QED) is 0.513. The number of nitro benzene ring substituents is 1. The molecule has 0 spiro atoms. The molecule has 4 heteroatoms. The number of benzene rings is 1. The molecule has 1 N–H and O–H groups in total. The molecule has 4 atom stereocenters. The van der Waals surface area contributed by atoms with Crippen LogP contribution >= 0.6 is 0 Å². The SMILES string of the molecule is Cc1ccc([N+](=O)[O-])cc1NC(C)C1CC2C=CC1C2. The highest BCUT2D eigenvalue weighted by molar-refractivity contribution is 5.57. The van der Waals surface area contributed by atoms with Crippen LogP contribution in [0.1, 0.15) is 25.3 Å². The molecule has 0 amide bonds. The fourth-order valence-electron chi connectivity index (χ4n) is 3.63. The van der Waals surface area contributed by atoms with E-state index in [1.807, 2.05) is 13.0 Å². The van der Waals surface area contributed by atoms with Crippen LogP contribution in [0.3, 0.4) is 0 Å². The molecule has 106 valence electrons. The van der Waals surface area contributed by atoms with Gasteiger partial charge in [0.15, 0.2) is 0 Å². The summed E-state index contributed by atoms with van der Waals surface area (Å²) in [7, 11) is 0. The Morgan fingerprint density at radius 3 is 2.75 bits per heavy atom. The van der Waals surface area contributed by atoms with E-state index in [2.05, 4.69) is 24.4 Å². The highest BCUT2D eigenvalue weighted by Gasteiger charge is 2.38. The molecule has 20 heavy (non-hydrogen) atoms. The number of non-ortho nitro benzene ring substituents is 1. The van der Waals surface area contributed by atoms with E-state index in [1.165, 1.54) is 12.8 Å². The molecule has 0 aromatic heterocycles. The third-order valence-electron chi connectivity index (χ3n) is 4.79. The first kappa shape index (κ1) is 13.2. The van der Waals surface area contributed by atoms with Gasteiger partial charge in [-0.25, -0.2) is 0 Å². The third kappa shape index (κ3) is 2.30. The van der Waals surface area contributed by atoms with E-state index in [0.717, 1.165) is 17.2 Å². The predicted octanol–water partition coefficient (Wildman–Crippen LogP) is 3.92. The molecule has 2 aliphatic carbocycles. The van der Waals surface area contributed by atoms with Crippen LogP contribution in [-0.2, 0) is 0 Å². The molecule has 1 saturated carbocycles. The zero-order valence-electron chi connectivity index (χ0n) is 11.9. The average molecular weight is 272 g/mol. The fourth-order valence-corrected chi connectivity index (χ4v) is 3.63. The molecule has 0 aliphatic heterocycles. The number of hydrogen-bond acceptors (Lipinski definition) is 3. The number of fused-ring (bicyclic) bond motifs is 2. The maximum atomic E-state index is 10.9. The molecule has 4 nitrogen and oxygen atoms in total. The average Bonchev–Trinajstić information content (AvgIpc) is 3.03. The van der Waals surface area contributed by atoms with Crippen molar-refractivity contribution in [2.45, 2.75) is 32.7 Å². The summed E-state index contributed by atoms with van der Waals surface area (Å²) in [5.74, 6) is 2.07. The Morgan fingerprint density at radius 2 is 2.15 bits per heavy atom. The van der Waals surface area contributed by atoms with Crippen LogP contribution in [0.25, 0.3) is 0 Å². The second kappa shape index (κ2) is 4.93. The Morgan fingerprint density at radius 1 is 1.35 bits per heavy atom. The topological polar surface area (TPSA) is 55.2 Å². The summed E-state index contributed by atoms with van der Waals surface area (Å²) in [4.78, 5) is 10.5. The summed E-state index contributed by atoms with van der Waals surface area (Å²) < 4.78 is 0. The van der Waals surface area contributed by atoms with Gasteiger partial charge in [0, 0.05) is 23.9 Å². The molecule has 0 heterocycles. The van der Waals surface area contributed by atoms with Crippen molar-refractivity contribution < 1.29 is 4.92 Å². The summed E-state index contributed by atoms with van der Waals surface area (Å²) in [6.07, 6.45) is 7.21. The van der Waals surface area contributed by atoms with Gasteiger partial charge in [-0.05, 0) is 50.0 Å². The summed E-state index contributed by atoms with van der Waals surface area (Å²) >= 11 is 0. The summed E-state index contributed by atoms with van der Waals surface area (Å²) in [5.41, 5.74) is 2.10. The fraction of sp³-hybridized carbons (Fsp3) is 0.500. The van der Waals surface area contributed by atoms with Crippen molar-refractivity contribution in [3.05, 3.63) is 46.0 Å². The van der Waals surface area contributed by atoms with E-state index in [0.29, 0.717) is 17.9 Å². The van der Waals surface area contributed by atoms with E-state index in [1.54, 1.807) is 12.1 Å². The first-order valence-corrected chi connectivity index (χ1v) is 7.24. The minimum absolute atomic E-state index is 0.151. The van der Waals surface area contributed by atoms with E-state index in [4.69, 9.17) is 0 Å². The summed E-state index contributed by atoms with van der Waals surface area (Å²) in [6, 6.07) is 5.37. The predicted molar refractivity (Wildman–Crippen MR) is 79.8 cm³/mol. The van der Waals surface area contributed by atoms with Crippen LogP contribution in [-0.4, -0.2) is 11.0 Å². The van der Waals surface area contributed by atoms with E-state index >= 15 is 0 Å². The zero-order valence-corrected chi connectivity index (χ0v) is 11.9. The lowest BCUT2D eigenvalue weighted by molar-refractivity contribution is -0.384. The lowest BCUT2D eigenvalue weighted by atomic mass is 9.87. The van der Waals surface area contributed by atoms with Crippen molar-refractivity contribution in [2.24, 2.45) is 17.8 Å². The van der Waals surface area contributed by atoms with Crippen molar-refractivity contribution in [3.8, 4) is 0 Å². The van der Waals surface area contributed by atoms with E-state index < -0.39 is 0 Å². The van der Waals surface area contributed by atoms with Gasteiger partial charge in [-0.15, -0.1) is 0 Å². The maximum Gasteiger partial charge on any atom is 0.271 e. The smallest absolute Gasteiger partial charge is 0.271 e. The molecule has 0 saturated heterocycles. The van der Waals surface area contributed by atoms with E-state index in [-0.39, 0.29) is 10.6 Å². The first-order valence-electron chi connectivity index (χ1n) is 7.24. The second-order valence-corrected chi connectivity index (χ2v) is 6.13. The normalized spacial score (nSPS) is 28.6. The number of hydrogen-bond donors (Lipinski definition) is 1. The van der Waals surface area contributed by atoms with Crippen LogP contribution in [0.15, 0.2) is 30.4 Å². The van der Waals surface area contributed by atoms with Crippen molar-refractivity contribution >= 4 is 11.4 Å². The van der Waals surface area contributed by atoms with Crippen molar-refractivity contribution in [3.63, 3.8) is 0 Å². The van der Waals surface area contributed by atoms with Crippen LogP contribution in [0.4, 0.5) is 11.4 Å². The summed E-state index contributed by atoms with van der Waals surface area (Å²) in [6.45, 7) is 4.18. The molecule has 1 aromatic rings. The van der Waals surface area contributed by atoms with Gasteiger partial charge < -0.3 is 5.32 Å². The number of allylic oxidation sites excluding steroid dienone is 2. The first-order chi connectivity index (χ1) is 9.54. The van der Waals surface area contributed by atoms with Gasteiger partial charge in [0.25, 0.3) is 5.69 Å². The monoisotopic (exact) mass is 272 g/mol. The standard InChI is InChI=1S/C16H20N2O2/c1-10-3-6-14(18(19)20)9-16(10)17-11(2)15-8-12-4-5-13(15)7-12/h3-6,9,11-13,15,17H,7-8H2,1-2H3. The van der Waals surface area contributed by atoms with Gasteiger partial charge in [0.2, 0.25) is 0 Å². The Kier molecular flexibility index (Phi) is 3.24. The lowest BCUT2D eigenvalue weighted by Crippen LogP contribution is -2.29. The minimum atomic E-state index is -0.338. The molecule has 3 rings (SSSR count). The van der Waals surface area contributed by atoms with Crippen LogP contribution < -0.4 is 5.32 Å². The Labute approximate surface area is 119 Å². The molecule has 2 aliphatic rings. The van der Waals surface area contributed by atoms with Gasteiger partial charge in [0.05, 0.1) is 4.92 Å². The molecular weight excluding hydrogens is 252 g/mol. The van der Waals surface area contributed by atoms with Crippen LogP contribution in [0.2, 0.25) is 0 Å². The maximum absolute atomic E-state index is 10.9. The van der Waals surface area contributed by atoms with Gasteiger partial charge in [-0.3, -0.25) is 10.1 Å². The second-order valence-electron chi connectivity index (χ2n) is 6.13. The molecule has 1 fully saturated rings. The molecule has 0 radical (unpaired) electrons. The number of nitrogens with one attached hydrogen (secondary N) is 1. The Bertz CT molecular complexity index is 568.